The Morgan fingerprint density at radius 2 is 1.86 bits per heavy atom. The van der Waals surface area contributed by atoms with Crippen molar-refractivity contribution in [2.45, 2.75) is 13.8 Å². The van der Waals surface area contributed by atoms with Crippen LogP contribution in [0.3, 0.4) is 0 Å². The lowest BCUT2D eigenvalue weighted by Gasteiger charge is -2.34. The summed E-state index contributed by atoms with van der Waals surface area (Å²) < 4.78 is 10.5. The van der Waals surface area contributed by atoms with Crippen molar-refractivity contribution in [3.05, 3.63) is 35.5 Å². The van der Waals surface area contributed by atoms with E-state index in [0.29, 0.717) is 36.1 Å². The normalized spacial score (nSPS) is 14.3. The molecule has 0 atom stereocenters. The van der Waals surface area contributed by atoms with E-state index in [-0.39, 0.29) is 0 Å². The number of methoxy groups -OCH3 is 1. The predicted octanol–water partition coefficient (Wildman–Crippen LogP) is 2.39. The van der Waals surface area contributed by atoms with E-state index >= 15 is 0 Å². The Bertz CT molecular complexity index is 898. The minimum absolute atomic E-state index is 0.291. The molecule has 0 unspecified atom stereocenters. The van der Waals surface area contributed by atoms with E-state index in [9.17, 15) is 4.79 Å². The lowest BCUT2D eigenvalue weighted by atomic mass is 10.0. The maximum Gasteiger partial charge on any atom is 0.342 e. The summed E-state index contributed by atoms with van der Waals surface area (Å²) in [4.78, 5) is 26.4. The van der Waals surface area contributed by atoms with Gasteiger partial charge >= 0.3 is 5.97 Å². The van der Waals surface area contributed by atoms with Crippen molar-refractivity contribution in [2.75, 3.05) is 51.3 Å². The first-order valence-electron chi connectivity index (χ1n) is 9.68. The van der Waals surface area contributed by atoms with Crippen LogP contribution in [0.2, 0.25) is 0 Å². The molecule has 0 bridgehead atoms. The molecular formula is C22H26N4O3. The molecule has 1 aromatic heterocycles. The van der Waals surface area contributed by atoms with Crippen molar-refractivity contribution in [3.63, 3.8) is 0 Å². The van der Waals surface area contributed by atoms with Gasteiger partial charge in [-0.25, -0.2) is 14.8 Å². The number of aryl methyl sites for hydroxylation is 1. The van der Waals surface area contributed by atoms with Gasteiger partial charge in [-0.2, -0.15) is 0 Å². The Hall–Kier alpha value is -3.11. The molecule has 3 rings (SSSR count). The number of nitrogens with zero attached hydrogens (tertiary/aromatic N) is 4. The zero-order valence-electron chi connectivity index (χ0n) is 17.1. The van der Waals surface area contributed by atoms with E-state index in [1.165, 1.54) is 0 Å². The first-order valence-corrected chi connectivity index (χ1v) is 9.68. The fourth-order valence-electron chi connectivity index (χ4n) is 3.34. The number of hydrogen-bond donors (Lipinski definition) is 0. The fourth-order valence-corrected chi connectivity index (χ4v) is 3.34. The number of carbonyl (C=O) groups excluding carboxylic acids is 1. The lowest BCUT2D eigenvalue weighted by molar-refractivity contribution is 0.0525. The van der Waals surface area contributed by atoms with Gasteiger partial charge in [0.25, 0.3) is 0 Å². The molecule has 2 aromatic rings. The van der Waals surface area contributed by atoms with Crippen LogP contribution in [-0.2, 0) is 4.74 Å². The van der Waals surface area contributed by atoms with Gasteiger partial charge in [-0.3, -0.25) is 4.90 Å². The van der Waals surface area contributed by atoms with E-state index in [0.717, 1.165) is 37.5 Å². The molecule has 0 N–H and O–H groups in total. The van der Waals surface area contributed by atoms with Crippen LogP contribution < -0.4 is 9.64 Å². The molecule has 0 radical (unpaired) electrons. The standard InChI is InChI=1S/C22H26N4O3/c1-5-11-25-12-14-26(15-13-25)22-23-16(3)19(21(27)29-6-2)20(24-22)17-7-9-18(28-4)10-8-17/h1,7-10H,6,11-15H2,2-4H3. The average Bonchev–Trinajstić information content (AvgIpc) is 2.74. The zero-order valence-corrected chi connectivity index (χ0v) is 17.1. The first kappa shape index (κ1) is 20.6. The van der Waals surface area contributed by atoms with Crippen LogP contribution in [0.1, 0.15) is 23.0 Å². The second-order valence-corrected chi connectivity index (χ2v) is 6.75. The molecule has 1 aliphatic heterocycles. The van der Waals surface area contributed by atoms with E-state index in [2.05, 4.69) is 20.7 Å². The van der Waals surface area contributed by atoms with E-state index < -0.39 is 5.97 Å². The Morgan fingerprint density at radius 3 is 2.45 bits per heavy atom. The number of esters is 1. The second kappa shape index (κ2) is 9.39. The number of benzene rings is 1. The molecule has 1 saturated heterocycles. The minimum atomic E-state index is -0.416. The lowest BCUT2D eigenvalue weighted by Crippen LogP contribution is -2.47. The summed E-state index contributed by atoms with van der Waals surface area (Å²) in [7, 11) is 1.62. The third-order valence-electron chi connectivity index (χ3n) is 4.89. The number of ether oxygens (including phenoxy) is 2. The SMILES string of the molecule is C#CCN1CCN(c2nc(C)c(C(=O)OCC)c(-c3ccc(OC)cc3)n2)CC1. The summed E-state index contributed by atoms with van der Waals surface area (Å²) in [5.74, 6) is 3.62. The first-order chi connectivity index (χ1) is 14.1. The van der Waals surface area contributed by atoms with Crippen molar-refractivity contribution in [1.29, 1.82) is 0 Å². The van der Waals surface area contributed by atoms with Gasteiger partial charge in [0, 0.05) is 31.7 Å². The summed E-state index contributed by atoms with van der Waals surface area (Å²) in [6.45, 7) is 7.80. The number of piperazine rings is 1. The summed E-state index contributed by atoms with van der Waals surface area (Å²) in [6, 6.07) is 7.47. The molecule has 0 amide bonds. The van der Waals surface area contributed by atoms with Gasteiger partial charge in [0.05, 0.1) is 31.6 Å². The molecule has 0 saturated carbocycles. The quantitative estimate of drug-likeness (QED) is 0.550. The molecule has 29 heavy (non-hydrogen) atoms. The van der Waals surface area contributed by atoms with Crippen molar-refractivity contribution < 1.29 is 14.3 Å². The smallest absolute Gasteiger partial charge is 0.342 e. The Balaban J connectivity index is 1.99. The van der Waals surface area contributed by atoms with Crippen molar-refractivity contribution >= 4 is 11.9 Å². The van der Waals surface area contributed by atoms with Crippen molar-refractivity contribution in [3.8, 4) is 29.4 Å². The van der Waals surface area contributed by atoms with Gasteiger partial charge in [-0.05, 0) is 38.1 Å². The van der Waals surface area contributed by atoms with Crippen LogP contribution in [0.5, 0.6) is 5.75 Å². The van der Waals surface area contributed by atoms with Gasteiger partial charge in [0.2, 0.25) is 5.95 Å². The van der Waals surface area contributed by atoms with Crippen molar-refractivity contribution in [2.24, 2.45) is 0 Å². The number of aromatic nitrogens is 2. The van der Waals surface area contributed by atoms with Crippen LogP contribution in [-0.4, -0.2) is 67.3 Å². The second-order valence-electron chi connectivity index (χ2n) is 6.75. The topological polar surface area (TPSA) is 67.8 Å². The van der Waals surface area contributed by atoms with Gasteiger partial charge in [0.1, 0.15) is 11.3 Å². The molecule has 1 aliphatic rings. The molecule has 7 heteroatoms. The minimum Gasteiger partial charge on any atom is -0.497 e. The van der Waals surface area contributed by atoms with Crippen LogP contribution in [0.15, 0.2) is 24.3 Å². The van der Waals surface area contributed by atoms with E-state index in [1.54, 1.807) is 14.0 Å². The largest absolute Gasteiger partial charge is 0.497 e. The number of carbonyl (C=O) groups is 1. The summed E-state index contributed by atoms with van der Waals surface area (Å²) in [6.07, 6.45) is 5.42. The highest BCUT2D eigenvalue weighted by atomic mass is 16.5. The molecule has 2 heterocycles. The highest BCUT2D eigenvalue weighted by Crippen LogP contribution is 2.28. The predicted molar refractivity (Wildman–Crippen MR) is 112 cm³/mol. The monoisotopic (exact) mass is 394 g/mol. The third-order valence-corrected chi connectivity index (χ3v) is 4.89. The molecule has 7 nitrogen and oxygen atoms in total. The van der Waals surface area contributed by atoms with Crippen LogP contribution in [0, 0.1) is 19.3 Å². The zero-order chi connectivity index (χ0) is 20.8. The summed E-state index contributed by atoms with van der Waals surface area (Å²) in [5.41, 5.74) is 2.38. The van der Waals surface area contributed by atoms with Gasteiger partial charge < -0.3 is 14.4 Å². The molecule has 0 aliphatic carbocycles. The number of hydrogen-bond acceptors (Lipinski definition) is 7. The maximum atomic E-state index is 12.6. The Kier molecular flexibility index (Phi) is 6.68. The Morgan fingerprint density at radius 1 is 1.17 bits per heavy atom. The molecular weight excluding hydrogens is 368 g/mol. The van der Waals surface area contributed by atoms with Crippen LogP contribution in [0.4, 0.5) is 5.95 Å². The average molecular weight is 394 g/mol. The molecule has 152 valence electrons. The van der Waals surface area contributed by atoms with Crippen LogP contribution in [0.25, 0.3) is 11.3 Å². The number of rotatable bonds is 6. The maximum absolute atomic E-state index is 12.6. The van der Waals surface area contributed by atoms with Crippen molar-refractivity contribution in [1.82, 2.24) is 14.9 Å². The molecule has 1 fully saturated rings. The number of anilines is 1. The Labute approximate surface area is 171 Å². The summed E-state index contributed by atoms with van der Waals surface area (Å²) in [5, 5.41) is 0. The van der Waals surface area contributed by atoms with Crippen LogP contribution >= 0.6 is 0 Å². The van der Waals surface area contributed by atoms with E-state index in [1.807, 2.05) is 31.2 Å². The highest BCUT2D eigenvalue weighted by molar-refractivity contribution is 5.97. The number of terminal acetylenes is 1. The van der Waals surface area contributed by atoms with Gasteiger partial charge in [-0.1, -0.05) is 5.92 Å². The van der Waals surface area contributed by atoms with Gasteiger partial charge in [-0.15, -0.1) is 6.42 Å². The fraction of sp³-hybridized carbons (Fsp3) is 0.409. The molecule has 1 aromatic carbocycles. The van der Waals surface area contributed by atoms with E-state index in [4.69, 9.17) is 20.9 Å². The van der Waals surface area contributed by atoms with Gasteiger partial charge in [0.15, 0.2) is 0 Å². The molecule has 0 spiro atoms. The summed E-state index contributed by atoms with van der Waals surface area (Å²) >= 11 is 0. The highest BCUT2D eigenvalue weighted by Gasteiger charge is 2.25. The third kappa shape index (κ3) is 4.66.